The standard InChI is InChI=1S/C14H22N6/c1-15-14-18-12(11-9-17-20-13(11)19-14)16-8-7-10-5-3-2-4-6-10/h9-10H,2-8H2,1H3,(H3,15,16,17,18,19,20). The van der Waals surface area contributed by atoms with E-state index in [-0.39, 0.29) is 0 Å². The molecule has 0 bridgehead atoms. The molecule has 0 saturated heterocycles. The summed E-state index contributed by atoms with van der Waals surface area (Å²) < 4.78 is 0. The first-order valence-corrected chi connectivity index (χ1v) is 7.49. The van der Waals surface area contributed by atoms with E-state index in [1.54, 1.807) is 6.20 Å². The molecular weight excluding hydrogens is 252 g/mol. The van der Waals surface area contributed by atoms with E-state index in [1.807, 2.05) is 7.05 Å². The molecule has 0 aliphatic heterocycles. The molecule has 6 heteroatoms. The van der Waals surface area contributed by atoms with E-state index >= 15 is 0 Å². The average molecular weight is 274 g/mol. The van der Waals surface area contributed by atoms with Gasteiger partial charge in [-0.25, -0.2) is 0 Å². The molecule has 2 aromatic rings. The summed E-state index contributed by atoms with van der Waals surface area (Å²) in [6.45, 7) is 0.963. The highest BCUT2D eigenvalue weighted by Gasteiger charge is 2.14. The third-order valence-electron chi connectivity index (χ3n) is 4.10. The molecule has 1 fully saturated rings. The fourth-order valence-electron chi connectivity index (χ4n) is 2.95. The zero-order chi connectivity index (χ0) is 13.8. The summed E-state index contributed by atoms with van der Waals surface area (Å²) >= 11 is 0. The van der Waals surface area contributed by atoms with E-state index in [0.29, 0.717) is 5.95 Å². The van der Waals surface area contributed by atoms with E-state index in [2.05, 4.69) is 30.8 Å². The van der Waals surface area contributed by atoms with Crippen LogP contribution >= 0.6 is 0 Å². The third kappa shape index (κ3) is 2.84. The molecule has 0 atom stereocenters. The summed E-state index contributed by atoms with van der Waals surface area (Å²) in [6.07, 6.45) is 9.97. The maximum absolute atomic E-state index is 4.48. The number of aromatic amines is 1. The van der Waals surface area contributed by atoms with Crippen molar-refractivity contribution in [2.45, 2.75) is 38.5 Å². The van der Waals surface area contributed by atoms with Gasteiger partial charge in [-0.3, -0.25) is 5.10 Å². The fourth-order valence-corrected chi connectivity index (χ4v) is 2.95. The van der Waals surface area contributed by atoms with Crippen LogP contribution in [0.1, 0.15) is 38.5 Å². The summed E-state index contributed by atoms with van der Waals surface area (Å²) in [5, 5.41) is 14.3. The lowest BCUT2D eigenvalue weighted by molar-refractivity contribution is 0.345. The number of H-pyrrole nitrogens is 1. The zero-order valence-electron chi connectivity index (χ0n) is 11.9. The molecule has 3 N–H and O–H groups in total. The maximum Gasteiger partial charge on any atom is 0.226 e. The molecule has 1 aliphatic carbocycles. The Morgan fingerprint density at radius 2 is 2.10 bits per heavy atom. The van der Waals surface area contributed by atoms with Crippen LogP contribution in [0.5, 0.6) is 0 Å². The molecule has 1 aliphatic rings. The van der Waals surface area contributed by atoms with Gasteiger partial charge >= 0.3 is 0 Å². The van der Waals surface area contributed by atoms with Gasteiger partial charge in [-0.15, -0.1) is 0 Å². The second-order valence-electron chi connectivity index (χ2n) is 5.50. The van der Waals surface area contributed by atoms with Crippen molar-refractivity contribution in [3.05, 3.63) is 6.20 Å². The van der Waals surface area contributed by atoms with Crippen molar-refractivity contribution in [3.63, 3.8) is 0 Å². The van der Waals surface area contributed by atoms with Crippen molar-refractivity contribution >= 4 is 22.8 Å². The van der Waals surface area contributed by atoms with Crippen LogP contribution in [0, 0.1) is 5.92 Å². The van der Waals surface area contributed by atoms with E-state index in [9.17, 15) is 0 Å². The number of nitrogens with one attached hydrogen (secondary N) is 3. The van der Waals surface area contributed by atoms with Crippen LogP contribution < -0.4 is 10.6 Å². The zero-order valence-corrected chi connectivity index (χ0v) is 11.9. The van der Waals surface area contributed by atoms with Crippen LogP contribution in [0.4, 0.5) is 11.8 Å². The summed E-state index contributed by atoms with van der Waals surface area (Å²) in [5.74, 6) is 2.35. The number of anilines is 2. The van der Waals surface area contributed by atoms with Gasteiger partial charge in [-0.1, -0.05) is 32.1 Å². The minimum absolute atomic E-state index is 0.613. The molecule has 20 heavy (non-hydrogen) atoms. The fraction of sp³-hybridized carbons (Fsp3) is 0.643. The molecule has 0 radical (unpaired) electrons. The highest BCUT2D eigenvalue weighted by atomic mass is 15.2. The largest absolute Gasteiger partial charge is 0.369 e. The van der Waals surface area contributed by atoms with E-state index in [1.165, 1.54) is 38.5 Å². The van der Waals surface area contributed by atoms with Crippen molar-refractivity contribution in [1.82, 2.24) is 20.2 Å². The SMILES string of the molecule is CNc1nc(NCCC2CCCCC2)c2cn[nH]c2n1. The topological polar surface area (TPSA) is 78.5 Å². The van der Waals surface area contributed by atoms with Crippen LogP contribution in [-0.4, -0.2) is 33.8 Å². The molecule has 6 nitrogen and oxygen atoms in total. The van der Waals surface area contributed by atoms with Gasteiger partial charge in [0, 0.05) is 13.6 Å². The molecule has 0 spiro atoms. The Hall–Kier alpha value is -1.85. The van der Waals surface area contributed by atoms with Gasteiger partial charge in [0.15, 0.2) is 5.65 Å². The Balaban J connectivity index is 1.65. The van der Waals surface area contributed by atoms with Gasteiger partial charge in [0.2, 0.25) is 5.95 Å². The van der Waals surface area contributed by atoms with Crippen LogP contribution in [0.2, 0.25) is 0 Å². The van der Waals surface area contributed by atoms with Gasteiger partial charge in [0.1, 0.15) is 5.82 Å². The molecule has 1 saturated carbocycles. The summed E-state index contributed by atoms with van der Waals surface area (Å²) in [6, 6.07) is 0. The second-order valence-corrected chi connectivity index (χ2v) is 5.50. The molecule has 0 amide bonds. The number of aromatic nitrogens is 4. The third-order valence-corrected chi connectivity index (χ3v) is 4.10. The minimum atomic E-state index is 0.613. The number of rotatable bonds is 5. The minimum Gasteiger partial charge on any atom is -0.369 e. The van der Waals surface area contributed by atoms with Crippen LogP contribution in [0.3, 0.4) is 0 Å². The Kier molecular flexibility index (Phi) is 3.99. The number of hydrogen-bond donors (Lipinski definition) is 3. The quantitative estimate of drug-likeness (QED) is 0.781. The van der Waals surface area contributed by atoms with Gasteiger partial charge in [0.05, 0.1) is 11.6 Å². The predicted octanol–water partition coefficient (Wildman–Crippen LogP) is 2.78. The Morgan fingerprint density at radius 1 is 1.25 bits per heavy atom. The molecule has 2 heterocycles. The molecule has 108 valence electrons. The summed E-state index contributed by atoms with van der Waals surface area (Å²) in [7, 11) is 1.82. The molecule has 2 aromatic heterocycles. The normalized spacial score (nSPS) is 16.4. The number of fused-ring (bicyclic) bond motifs is 1. The van der Waals surface area contributed by atoms with Crippen molar-refractivity contribution in [2.75, 3.05) is 24.2 Å². The lowest BCUT2D eigenvalue weighted by Gasteiger charge is -2.21. The van der Waals surface area contributed by atoms with Crippen molar-refractivity contribution in [3.8, 4) is 0 Å². The number of hydrogen-bond acceptors (Lipinski definition) is 5. The van der Waals surface area contributed by atoms with E-state index < -0.39 is 0 Å². The molecule has 0 unspecified atom stereocenters. The molecule has 0 aromatic carbocycles. The summed E-state index contributed by atoms with van der Waals surface area (Å²) in [4.78, 5) is 8.81. The molecule has 3 rings (SSSR count). The smallest absolute Gasteiger partial charge is 0.226 e. The van der Waals surface area contributed by atoms with Crippen LogP contribution in [0.15, 0.2) is 6.20 Å². The number of nitrogens with zero attached hydrogens (tertiary/aromatic N) is 3. The first kappa shape index (κ1) is 13.1. The van der Waals surface area contributed by atoms with Gasteiger partial charge in [0.25, 0.3) is 0 Å². The van der Waals surface area contributed by atoms with Gasteiger partial charge in [-0.2, -0.15) is 15.1 Å². The van der Waals surface area contributed by atoms with Crippen LogP contribution in [-0.2, 0) is 0 Å². The molecular formula is C14H22N6. The lowest BCUT2D eigenvalue weighted by Crippen LogP contribution is -2.13. The van der Waals surface area contributed by atoms with Crippen molar-refractivity contribution < 1.29 is 0 Å². The first-order valence-electron chi connectivity index (χ1n) is 7.49. The Labute approximate surface area is 118 Å². The van der Waals surface area contributed by atoms with Gasteiger partial charge < -0.3 is 10.6 Å². The maximum atomic E-state index is 4.48. The Bertz CT molecular complexity index is 558. The first-order chi connectivity index (χ1) is 9.86. The second kappa shape index (κ2) is 6.07. The summed E-state index contributed by atoms with van der Waals surface area (Å²) in [5.41, 5.74) is 0.768. The lowest BCUT2D eigenvalue weighted by atomic mass is 9.87. The van der Waals surface area contributed by atoms with E-state index in [4.69, 9.17) is 0 Å². The van der Waals surface area contributed by atoms with Gasteiger partial charge in [-0.05, 0) is 12.3 Å². The highest BCUT2D eigenvalue weighted by molar-refractivity contribution is 5.86. The van der Waals surface area contributed by atoms with Crippen LogP contribution in [0.25, 0.3) is 11.0 Å². The van der Waals surface area contributed by atoms with E-state index in [0.717, 1.165) is 29.3 Å². The predicted molar refractivity (Wildman–Crippen MR) is 80.9 cm³/mol. The van der Waals surface area contributed by atoms with Crippen molar-refractivity contribution in [2.24, 2.45) is 5.92 Å². The average Bonchev–Trinajstić information content (AvgIpc) is 2.96. The highest BCUT2D eigenvalue weighted by Crippen LogP contribution is 2.26. The Morgan fingerprint density at radius 3 is 2.90 bits per heavy atom. The monoisotopic (exact) mass is 274 g/mol. The van der Waals surface area contributed by atoms with Crippen molar-refractivity contribution in [1.29, 1.82) is 0 Å².